The number of para-hydroxylation sites is 1. The van der Waals surface area contributed by atoms with Crippen LogP contribution >= 0.6 is 11.6 Å². The van der Waals surface area contributed by atoms with Gasteiger partial charge in [0, 0.05) is 27.1 Å². The molecule has 1 N–H and O–H groups in total. The maximum atomic E-state index is 13.8. The number of aromatic nitrogens is 1. The van der Waals surface area contributed by atoms with E-state index in [9.17, 15) is 4.79 Å². The van der Waals surface area contributed by atoms with Crippen LogP contribution < -0.4 is 0 Å². The van der Waals surface area contributed by atoms with Crippen LogP contribution in [0.25, 0.3) is 22.2 Å². The first-order chi connectivity index (χ1) is 16.6. The van der Waals surface area contributed by atoms with Crippen molar-refractivity contribution >= 4 is 28.4 Å². The molecule has 0 saturated heterocycles. The number of benzene rings is 4. The molecule has 0 radical (unpaired) electrons. The zero-order chi connectivity index (χ0) is 23.2. The lowest BCUT2D eigenvalue weighted by molar-refractivity contribution is 0.0678. The molecular formula is C30H23ClN2O. The summed E-state index contributed by atoms with van der Waals surface area (Å²) in [5.41, 5.74) is 7.13. The Morgan fingerprint density at radius 1 is 0.824 bits per heavy atom. The van der Waals surface area contributed by atoms with Crippen molar-refractivity contribution in [1.82, 2.24) is 9.88 Å². The Kier molecular flexibility index (Phi) is 5.00. The van der Waals surface area contributed by atoms with Crippen molar-refractivity contribution in [2.45, 2.75) is 19.0 Å². The predicted octanol–water partition coefficient (Wildman–Crippen LogP) is 7.79. The molecule has 4 heteroatoms. The minimum atomic E-state index is -0.222. The Morgan fingerprint density at radius 2 is 1.50 bits per heavy atom. The fraction of sp³-hybridized carbons (Fsp3) is 0.100. The molecule has 0 fully saturated rings. The SMILES string of the molecule is C[C@H](c1ccccc1)N1C(=O)c2ccccc2[C@H]1c1c(-c2ccc(Cl)cc2)[nH]c2ccccc12. The van der Waals surface area contributed by atoms with Crippen molar-refractivity contribution in [2.24, 2.45) is 0 Å². The van der Waals surface area contributed by atoms with Gasteiger partial charge < -0.3 is 9.88 Å². The van der Waals surface area contributed by atoms with E-state index in [4.69, 9.17) is 11.6 Å². The number of carbonyl (C=O) groups excluding carboxylic acids is 1. The van der Waals surface area contributed by atoms with Crippen LogP contribution in [-0.4, -0.2) is 15.8 Å². The quantitative estimate of drug-likeness (QED) is 0.290. The number of rotatable bonds is 4. The highest BCUT2D eigenvalue weighted by Crippen LogP contribution is 2.48. The molecule has 4 aromatic carbocycles. The normalized spacial score (nSPS) is 16.1. The number of nitrogens with zero attached hydrogens (tertiary/aromatic N) is 1. The summed E-state index contributed by atoms with van der Waals surface area (Å²) in [4.78, 5) is 19.5. The molecular weight excluding hydrogens is 440 g/mol. The molecule has 0 bridgehead atoms. The Labute approximate surface area is 203 Å². The summed E-state index contributed by atoms with van der Waals surface area (Å²) in [5.74, 6) is 0.0595. The summed E-state index contributed by atoms with van der Waals surface area (Å²) in [5, 5.41) is 1.81. The van der Waals surface area contributed by atoms with E-state index in [1.54, 1.807) is 0 Å². The molecule has 0 spiro atoms. The topological polar surface area (TPSA) is 36.1 Å². The van der Waals surface area contributed by atoms with E-state index in [2.05, 4.69) is 48.3 Å². The second-order valence-corrected chi connectivity index (χ2v) is 9.19. The first kappa shape index (κ1) is 20.8. The van der Waals surface area contributed by atoms with Crippen LogP contribution in [-0.2, 0) is 0 Å². The van der Waals surface area contributed by atoms with Crippen molar-refractivity contribution in [3.8, 4) is 11.3 Å². The summed E-state index contributed by atoms with van der Waals surface area (Å²) < 4.78 is 0. The van der Waals surface area contributed by atoms with Crippen molar-refractivity contribution in [2.75, 3.05) is 0 Å². The van der Waals surface area contributed by atoms with Gasteiger partial charge in [-0.2, -0.15) is 0 Å². The number of halogens is 1. The van der Waals surface area contributed by atoms with Crippen LogP contribution in [0.15, 0.2) is 103 Å². The number of H-pyrrole nitrogens is 1. The van der Waals surface area contributed by atoms with Gasteiger partial charge in [0.15, 0.2) is 0 Å². The highest BCUT2D eigenvalue weighted by Gasteiger charge is 2.42. The Bertz CT molecular complexity index is 1500. The van der Waals surface area contributed by atoms with Gasteiger partial charge in [0.25, 0.3) is 5.91 Å². The van der Waals surface area contributed by atoms with Crippen molar-refractivity contribution in [3.63, 3.8) is 0 Å². The maximum Gasteiger partial charge on any atom is 0.255 e. The molecule has 0 unspecified atom stereocenters. The average molecular weight is 463 g/mol. The standard InChI is InChI=1S/C30H23ClN2O/c1-19(20-9-3-2-4-10-20)33-29(23-11-5-6-12-24(23)30(33)34)27-25-13-7-8-14-26(25)32-28(27)21-15-17-22(31)18-16-21/h2-19,29,32H,1H3/t19-,29+/m1/s1. The van der Waals surface area contributed by atoms with E-state index in [0.717, 1.165) is 44.4 Å². The molecule has 1 aliphatic heterocycles. The number of hydrogen-bond acceptors (Lipinski definition) is 1. The lowest BCUT2D eigenvalue weighted by Crippen LogP contribution is -2.31. The van der Waals surface area contributed by atoms with Gasteiger partial charge >= 0.3 is 0 Å². The highest BCUT2D eigenvalue weighted by atomic mass is 35.5. The van der Waals surface area contributed by atoms with Gasteiger partial charge in [-0.25, -0.2) is 0 Å². The first-order valence-corrected chi connectivity index (χ1v) is 11.8. The summed E-state index contributed by atoms with van der Waals surface area (Å²) in [7, 11) is 0. The van der Waals surface area contributed by atoms with Crippen molar-refractivity contribution < 1.29 is 4.79 Å². The third kappa shape index (κ3) is 3.24. The van der Waals surface area contributed by atoms with Gasteiger partial charge in [-0.05, 0) is 47.9 Å². The van der Waals surface area contributed by atoms with Crippen LogP contribution in [0.2, 0.25) is 5.02 Å². The lowest BCUT2D eigenvalue weighted by atomic mass is 9.92. The van der Waals surface area contributed by atoms with E-state index in [1.165, 1.54) is 0 Å². The zero-order valence-corrected chi connectivity index (χ0v) is 19.5. The number of nitrogens with one attached hydrogen (secondary N) is 1. The zero-order valence-electron chi connectivity index (χ0n) is 18.7. The van der Waals surface area contributed by atoms with Crippen molar-refractivity contribution in [3.05, 3.63) is 130 Å². The van der Waals surface area contributed by atoms with Crippen LogP contribution in [0.3, 0.4) is 0 Å². The number of hydrogen-bond donors (Lipinski definition) is 1. The number of aromatic amines is 1. The minimum Gasteiger partial charge on any atom is -0.354 e. The number of amides is 1. The Hall–Kier alpha value is -3.82. The predicted molar refractivity (Wildman–Crippen MR) is 138 cm³/mol. The molecule has 6 rings (SSSR count). The van der Waals surface area contributed by atoms with Crippen molar-refractivity contribution in [1.29, 1.82) is 0 Å². The fourth-order valence-corrected chi connectivity index (χ4v) is 5.34. The molecule has 5 aromatic rings. The molecule has 2 atom stereocenters. The average Bonchev–Trinajstić information content (AvgIpc) is 3.40. The summed E-state index contributed by atoms with van der Waals surface area (Å²) in [6.07, 6.45) is 0. The summed E-state index contributed by atoms with van der Waals surface area (Å²) >= 11 is 6.20. The van der Waals surface area contributed by atoms with Gasteiger partial charge in [-0.3, -0.25) is 4.79 Å². The van der Waals surface area contributed by atoms with E-state index in [1.807, 2.05) is 71.6 Å². The van der Waals surface area contributed by atoms with E-state index < -0.39 is 0 Å². The molecule has 0 saturated carbocycles. The smallest absolute Gasteiger partial charge is 0.255 e. The summed E-state index contributed by atoms with van der Waals surface area (Å²) in [6.45, 7) is 2.11. The van der Waals surface area contributed by atoms with Gasteiger partial charge in [-0.1, -0.05) is 90.5 Å². The van der Waals surface area contributed by atoms with Crippen LogP contribution in [0.4, 0.5) is 0 Å². The third-order valence-corrected chi connectivity index (χ3v) is 7.10. The minimum absolute atomic E-state index is 0.0595. The molecule has 0 aliphatic carbocycles. The number of carbonyl (C=O) groups is 1. The molecule has 1 amide bonds. The molecule has 3 nitrogen and oxygen atoms in total. The monoisotopic (exact) mass is 462 g/mol. The van der Waals surface area contributed by atoms with E-state index >= 15 is 0 Å². The molecule has 2 heterocycles. The van der Waals surface area contributed by atoms with E-state index in [0.29, 0.717) is 5.02 Å². The molecule has 1 aromatic heterocycles. The van der Waals surface area contributed by atoms with Crippen LogP contribution in [0, 0.1) is 0 Å². The summed E-state index contributed by atoms with van der Waals surface area (Å²) in [6, 6.07) is 34.1. The van der Waals surface area contributed by atoms with E-state index in [-0.39, 0.29) is 18.0 Å². The molecule has 34 heavy (non-hydrogen) atoms. The maximum absolute atomic E-state index is 13.8. The van der Waals surface area contributed by atoms with Gasteiger partial charge in [0.1, 0.15) is 0 Å². The fourth-order valence-electron chi connectivity index (χ4n) is 5.21. The largest absolute Gasteiger partial charge is 0.354 e. The van der Waals surface area contributed by atoms with Crippen LogP contribution in [0.1, 0.15) is 46.1 Å². The van der Waals surface area contributed by atoms with Gasteiger partial charge in [-0.15, -0.1) is 0 Å². The van der Waals surface area contributed by atoms with Crippen LogP contribution in [0.5, 0.6) is 0 Å². The second kappa shape index (κ2) is 8.19. The van der Waals surface area contributed by atoms with Gasteiger partial charge in [0.2, 0.25) is 0 Å². The Balaban J connectivity index is 1.62. The molecule has 166 valence electrons. The van der Waals surface area contributed by atoms with Gasteiger partial charge in [0.05, 0.1) is 17.8 Å². The lowest BCUT2D eigenvalue weighted by Gasteiger charge is -2.32. The second-order valence-electron chi connectivity index (χ2n) is 8.76. The number of fused-ring (bicyclic) bond motifs is 2. The third-order valence-electron chi connectivity index (χ3n) is 6.85. The first-order valence-electron chi connectivity index (χ1n) is 11.5. The Morgan fingerprint density at radius 3 is 2.29 bits per heavy atom. The highest BCUT2D eigenvalue weighted by molar-refractivity contribution is 6.30. The molecule has 1 aliphatic rings.